The van der Waals surface area contributed by atoms with Crippen LogP contribution in [0.4, 0.5) is 0 Å². The zero-order valence-corrected chi connectivity index (χ0v) is 59.2. The number of benzene rings is 9. The van der Waals surface area contributed by atoms with E-state index in [2.05, 4.69) is 66.0 Å². The number of hydrogen-bond acceptors (Lipinski definition) is 14. The van der Waals surface area contributed by atoms with Gasteiger partial charge in [-0.1, -0.05) is 130 Å². The second-order valence-corrected chi connectivity index (χ2v) is 29.6. The van der Waals surface area contributed by atoms with E-state index in [0.29, 0.717) is 107 Å². The average Bonchev–Trinajstić information content (AvgIpc) is 0.922. The van der Waals surface area contributed by atoms with Gasteiger partial charge in [0.15, 0.2) is 0 Å². The summed E-state index contributed by atoms with van der Waals surface area (Å²) in [5.74, 6) is -1.54. The Morgan fingerprint density at radius 3 is 0.882 bits per heavy atom. The summed E-state index contributed by atoms with van der Waals surface area (Å²) in [6, 6.07) is 35.1. The van der Waals surface area contributed by atoms with Gasteiger partial charge < -0.3 is 48.5 Å². The molecule has 4 aliphatic heterocycles. The van der Waals surface area contributed by atoms with Gasteiger partial charge in [0.1, 0.15) is 70.3 Å². The summed E-state index contributed by atoms with van der Waals surface area (Å²) in [4.78, 5) is 98.4. The summed E-state index contributed by atoms with van der Waals surface area (Å²) in [6.07, 6.45) is 5.68. The molecule has 15 rings (SSSR count). The predicted molar refractivity (Wildman–Crippen MR) is 390 cm³/mol. The summed E-state index contributed by atoms with van der Waals surface area (Å²) in [6.45, 7) is 19.5. The summed E-state index contributed by atoms with van der Waals surface area (Å²) in [5, 5.41) is 8.72. The third-order valence-corrected chi connectivity index (χ3v) is 21.3. The lowest BCUT2D eigenvalue weighted by Crippen LogP contribution is -2.56. The van der Waals surface area contributed by atoms with Gasteiger partial charge in [0.25, 0.3) is 23.6 Å². The minimum Gasteiger partial charge on any atom is -0.457 e. The number of ether oxygens (including phenoxy) is 8. The molecule has 4 atom stereocenters. The fraction of sp³-hybridized carbons (Fsp3) is 0.405. The van der Waals surface area contributed by atoms with Gasteiger partial charge in [0.2, 0.25) is 11.8 Å². The van der Waals surface area contributed by atoms with Crippen LogP contribution in [-0.4, -0.2) is 122 Å². The monoisotopic (exact) mass is 1380 g/mol. The Balaban J connectivity index is 1.04. The first kappa shape index (κ1) is 68.3. The number of nitrogens with one attached hydrogen (secondary N) is 2. The van der Waals surface area contributed by atoms with Crippen molar-refractivity contribution in [2.24, 2.45) is 11.8 Å². The van der Waals surface area contributed by atoms with Crippen molar-refractivity contribution in [1.29, 1.82) is 0 Å². The highest BCUT2D eigenvalue weighted by Gasteiger charge is 2.49. The van der Waals surface area contributed by atoms with E-state index in [1.54, 1.807) is 24.3 Å². The second kappa shape index (κ2) is 28.4. The topological polar surface area (TPSA) is 213 Å². The van der Waals surface area contributed by atoms with Crippen molar-refractivity contribution in [2.75, 3.05) is 52.7 Å². The van der Waals surface area contributed by atoms with Gasteiger partial charge in [0.05, 0.1) is 61.9 Å². The highest BCUT2D eigenvalue weighted by molar-refractivity contribution is 6.45. The van der Waals surface area contributed by atoms with Gasteiger partial charge >= 0.3 is 0 Å². The van der Waals surface area contributed by atoms with E-state index < -0.39 is 47.5 Å². The molecule has 0 radical (unpaired) electrons. The van der Waals surface area contributed by atoms with Crippen molar-refractivity contribution in [3.05, 3.63) is 166 Å². The molecule has 9 aromatic rings. The smallest absolute Gasteiger partial charge is 0.262 e. The first-order valence-corrected chi connectivity index (χ1v) is 36.6. The molecule has 2 saturated heterocycles. The largest absolute Gasteiger partial charge is 0.457 e. The SMILES string of the molecule is CC(C)c1ccc(Oc2cc3c4c(cc(Oc5ccc(C(C)C)cc5)c5c6c(Oc7ccc(C(C)C)cc7)cc7c8c(cc(Oc9ccc(C(C)C)cc9)c(c2c45)c86)C(=O)N(C(C(=O)NCCOCC2CO2)C2CCCC2)C7=O)C(=O)N(C(C(=O)NCCOCC2CO2)C2CCCC2)C3=O)cc1. The maximum atomic E-state index is 16.5. The molecular formula is C84H88N4O14. The van der Waals surface area contributed by atoms with Gasteiger partial charge in [0, 0.05) is 56.2 Å². The van der Waals surface area contributed by atoms with E-state index in [9.17, 15) is 0 Å². The summed E-state index contributed by atoms with van der Waals surface area (Å²) < 4.78 is 51.8. The summed E-state index contributed by atoms with van der Waals surface area (Å²) >= 11 is 0. The van der Waals surface area contributed by atoms with E-state index in [1.165, 1.54) is 0 Å². The maximum Gasteiger partial charge on any atom is 0.262 e. The molecule has 9 aromatic carbocycles. The molecule has 6 aliphatic rings. The van der Waals surface area contributed by atoms with Crippen molar-refractivity contribution in [3.63, 3.8) is 0 Å². The Bertz CT molecular complexity index is 4190. The fourth-order valence-corrected chi connectivity index (χ4v) is 15.7. The molecule has 2 N–H and O–H groups in total. The molecule has 0 spiro atoms. The van der Waals surface area contributed by atoms with Crippen LogP contribution < -0.4 is 29.6 Å². The third kappa shape index (κ3) is 13.2. The number of carbonyl (C=O) groups excluding carboxylic acids is 6. The number of nitrogens with zero attached hydrogens (tertiary/aromatic N) is 2. The fourth-order valence-electron chi connectivity index (χ4n) is 15.7. The van der Waals surface area contributed by atoms with Crippen LogP contribution in [0.2, 0.25) is 0 Å². The predicted octanol–water partition coefficient (Wildman–Crippen LogP) is 16.8. The molecular weight excluding hydrogens is 1290 g/mol. The lowest BCUT2D eigenvalue weighted by molar-refractivity contribution is -0.127. The number of rotatable bonds is 28. The van der Waals surface area contributed by atoms with Gasteiger partial charge in [-0.15, -0.1) is 0 Å². The van der Waals surface area contributed by atoms with Crippen LogP contribution >= 0.6 is 0 Å². The van der Waals surface area contributed by atoms with Crippen LogP contribution in [0.1, 0.15) is 194 Å². The zero-order valence-electron chi connectivity index (χ0n) is 59.2. The van der Waals surface area contributed by atoms with Crippen LogP contribution in [0.15, 0.2) is 121 Å². The number of epoxide rings is 2. The van der Waals surface area contributed by atoms with Crippen molar-refractivity contribution < 1.29 is 66.7 Å². The van der Waals surface area contributed by atoms with Crippen LogP contribution in [-0.2, 0) is 28.5 Å². The van der Waals surface area contributed by atoms with Crippen molar-refractivity contribution in [2.45, 2.75) is 155 Å². The van der Waals surface area contributed by atoms with E-state index in [1.807, 2.05) is 97.1 Å². The molecule has 4 heterocycles. The van der Waals surface area contributed by atoms with E-state index in [0.717, 1.165) is 57.7 Å². The molecule has 18 nitrogen and oxygen atoms in total. The zero-order chi connectivity index (χ0) is 70.8. The Kier molecular flexibility index (Phi) is 19.0. The Labute approximate surface area is 593 Å². The normalized spacial score (nSPS) is 18.2. The number of hydrogen-bond donors (Lipinski definition) is 2. The minimum atomic E-state index is -1.22. The quantitative estimate of drug-likeness (QED) is 0.0154. The molecule has 4 fully saturated rings. The Hall–Kier alpha value is -9.46. The number of amides is 6. The van der Waals surface area contributed by atoms with Gasteiger partial charge in [-0.2, -0.15) is 0 Å². The van der Waals surface area contributed by atoms with Crippen LogP contribution in [0, 0.1) is 11.8 Å². The molecule has 0 aromatic heterocycles. The van der Waals surface area contributed by atoms with Gasteiger partial charge in [-0.25, -0.2) is 0 Å². The molecule has 528 valence electrons. The summed E-state index contributed by atoms with van der Waals surface area (Å²) in [7, 11) is 0. The number of imide groups is 2. The van der Waals surface area contributed by atoms with Gasteiger partial charge in [-0.3, -0.25) is 38.6 Å². The van der Waals surface area contributed by atoms with Crippen LogP contribution in [0.3, 0.4) is 0 Å². The third-order valence-electron chi connectivity index (χ3n) is 21.3. The highest BCUT2D eigenvalue weighted by atomic mass is 16.6. The Morgan fingerprint density at radius 2 is 0.647 bits per heavy atom. The molecule has 102 heavy (non-hydrogen) atoms. The van der Waals surface area contributed by atoms with E-state index >= 15 is 28.8 Å². The first-order chi connectivity index (χ1) is 49.4. The molecule has 2 saturated carbocycles. The lowest BCUT2D eigenvalue weighted by atomic mass is 9.79. The van der Waals surface area contributed by atoms with Gasteiger partial charge in [-0.05, 0) is 156 Å². The average molecular weight is 1380 g/mol. The minimum absolute atomic E-state index is 0.0225. The molecule has 0 bridgehead atoms. The number of fused-ring (bicyclic) bond motifs is 2. The van der Waals surface area contributed by atoms with Crippen molar-refractivity contribution in [1.82, 2.24) is 20.4 Å². The molecule has 2 aliphatic carbocycles. The Morgan fingerprint density at radius 1 is 0.392 bits per heavy atom. The van der Waals surface area contributed by atoms with Crippen LogP contribution in [0.25, 0.3) is 43.1 Å². The molecule has 6 amide bonds. The van der Waals surface area contributed by atoms with Crippen LogP contribution in [0.5, 0.6) is 46.0 Å². The second-order valence-electron chi connectivity index (χ2n) is 29.6. The molecule has 4 unspecified atom stereocenters. The molecule has 18 heteroatoms. The highest BCUT2D eigenvalue weighted by Crippen LogP contribution is 2.59. The van der Waals surface area contributed by atoms with Crippen molar-refractivity contribution >= 4 is 78.5 Å². The van der Waals surface area contributed by atoms with Crippen molar-refractivity contribution in [3.8, 4) is 46.0 Å². The maximum absolute atomic E-state index is 16.5. The number of carbonyl (C=O) groups is 6. The summed E-state index contributed by atoms with van der Waals surface area (Å²) in [5.41, 5.74) is 4.57. The lowest BCUT2D eigenvalue weighted by Gasteiger charge is -2.38. The first-order valence-electron chi connectivity index (χ1n) is 36.6. The standard InChI is InChI=1S/C84H88N4O14/c1-45(2)49-17-25-55(26-18-49)99-65-37-61-69-62(82(92)87(81(61)91)77(53-13-9-10-14-53)79(89)85-33-35-95-41-59-43-97-59)39-67(101-57-29-21-51(22-30-57)47(5)6)73-74-68(102-58-31-23-52(24-32-58)48(7)8)40-64-70-63(38-66(72(76(70)74)71(65)75(69)73)100-56-27-19-50(20-28-56)46(3)4)83(93)88(84(64)94)78(54-15-11-12-16-54)80(90)86-34-36-96-42-60-44-98-60/h17-32,37-40,45-48,53-54,59-60,77-78H,9-16,33-36,41-44H2,1-8H3,(H,85,89)(H,86,90). The van der Waals surface area contributed by atoms with E-state index in [-0.39, 0.29) is 130 Å². The van der Waals surface area contributed by atoms with E-state index in [4.69, 9.17) is 37.9 Å².